The molecule has 5 atom stereocenters. The fourth-order valence-electron chi connectivity index (χ4n) is 1.49. The van der Waals surface area contributed by atoms with Crippen molar-refractivity contribution in [3.63, 3.8) is 0 Å². The Kier molecular flexibility index (Phi) is 5.67. The van der Waals surface area contributed by atoms with Crippen molar-refractivity contribution >= 4 is 7.85 Å². The minimum absolute atomic E-state index is 0.277. The zero-order chi connectivity index (χ0) is 12.1. The van der Waals surface area contributed by atoms with Crippen LogP contribution >= 0.6 is 0 Å². The molecule has 0 spiro atoms. The highest BCUT2D eigenvalue weighted by molar-refractivity contribution is 6.08. The van der Waals surface area contributed by atoms with Gasteiger partial charge in [-0.1, -0.05) is 6.32 Å². The first-order chi connectivity index (χ1) is 7.61. The van der Waals surface area contributed by atoms with Gasteiger partial charge in [0.15, 0.2) is 6.29 Å². The van der Waals surface area contributed by atoms with Gasteiger partial charge in [-0.15, -0.1) is 0 Å². The second-order valence-corrected chi connectivity index (χ2v) is 3.71. The van der Waals surface area contributed by atoms with Crippen LogP contribution in [0.15, 0.2) is 0 Å². The molecule has 16 heavy (non-hydrogen) atoms. The maximum atomic E-state index is 9.55. The maximum absolute atomic E-state index is 9.55. The summed E-state index contributed by atoms with van der Waals surface area (Å²) >= 11 is 0. The summed E-state index contributed by atoms with van der Waals surface area (Å²) in [5.74, 6) is 0. The summed E-state index contributed by atoms with van der Waals surface area (Å²) in [7, 11) is 5.27. The monoisotopic (exact) mass is 232 g/mol. The summed E-state index contributed by atoms with van der Waals surface area (Å²) in [6.45, 7) is -0.180. The molecule has 1 aliphatic heterocycles. The van der Waals surface area contributed by atoms with Crippen LogP contribution in [0.3, 0.4) is 0 Å². The highest BCUT2D eigenvalue weighted by Crippen LogP contribution is 2.21. The van der Waals surface area contributed by atoms with Crippen molar-refractivity contribution in [3.05, 3.63) is 0 Å². The van der Waals surface area contributed by atoms with Crippen LogP contribution < -0.4 is 0 Å². The minimum Gasteiger partial charge on any atom is -0.394 e. The molecule has 0 aromatic carbocycles. The third-order valence-corrected chi connectivity index (χ3v) is 2.48. The fraction of sp³-hybridized carbons (Fsp3) is 1.00. The van der Waals surface area contributed by atoms with E-state index in [-0.39, 0.29) is 6.61 Å². The largest absolute Gasteiger partial charge is 0.394 e. The molecule has 4 N–H and O–H groups in total. The van der Waals surface area contributed by atoms with Crippen molar-refractivity contribution in [2.24, 2.45) is 0 Å². The molecular formula is C9H17BO6. The summed E-state index contributed by atoms with van der Waals surface area (Å²) in [6.07, 6.45) is -5.03. The van der Waals surface area contributed by atoms with Crippen molar-refractivity contribution < 1.29 is 29.9 Å². The van der Waals surface area contributed by atoms with Gasteiger partial charge in [0.25, 0.3) is 0 Å². The third kappa shape index (κ3) is 3.16. The predicted octanol–water partition coefficient (Wildman–Crippen LogP) is -2.22. The third-order valence-electron chi connectivity index (χ3n) is 2.48. The molecule has 0 bridgehead atoms. The van der Waals surface area contributed by atoms with E-state index in [1.807, 2.05) is 0 Å². The second kappa shape index (κ2) is 6.53. The second-order valence-electron chi connectivity index (χ2n) is 3.71. The van der Waals surface area contributed by atoms with E-state index in [0.717, 1.165) is 0 Å². The van der Waals surface area contributed by atoms with Crippen LogP contribution in [0.2, 0.25) is 6.32 Å². The summed E-state index contributed by atoms with van der Waals surface area (Å²) < 4.78 is 10.3. The topological polar surface area (TPSA) is 99.4 Å². The van der Waals surface area contributed by atoms with Gasteiger partial charge in [-0.05, 0) is 6.42 Å². The molecule has 92 valence electrons. The van der Waals surface area contributed by atoms with Gasteiger partial charge in [0.05, 0.1) is 14.5 Å². The molecule has 0 aromatic heterocycles. The number of hydrogen-bond donors (Lipinski definition) is 4. The molecule has 7 heteroatoms. The molecule has 1 aliphatic rings. The Morgan fingerprint density at radius 2 is 1.81 bits per heavy atom. The number of hydrogen-bond acceptors (Lipinski definition) is 6. The Balaban J connectivity index is 2.50. The molecule has 2 radical (unpaired) electrons. The first-order valence-corrected chi connectivity index (χ1v) is 5.24. The Morgan fingerprint density at radius 3 is 2.38 bits per heavy atom. The maximum Gasteiger partial charge on any atom is 0.186 e. The number of rotatable bonds is 5. The Morgan fingerprint density at radius 1 is 1.12 bits per heavy atom. The Hall–Kier alpha value is -0.175. The molecule has 1 saturated heterocycles. The van der Waals surface area contributed by atoms with Gasteiger partial charge in [-0.25, -0.2) is 0 Å². The van der Waals surface area contributed by atoms with Gasteiger partial charge in [-0.3, -0.25) is 0 Å². The minimum atomic E-state index is -1.39. The van der Waals surface area contributed by atoms with E-state index in [9.17, 15) is 15.3 Å². The molecular weight excluding hydrogens is 215 g/mol. The smallest absolute Gasteiger partial charge is 0.186 e. The highest BCUT2D eigenvalue weighted by atomic mass is 16.7. The first kappa shape index (κ1) is 13.9. The lowest BCUT2D eigenvalue weighted by atomic mass is 9.99. The van der Waals surface area contributed by atoms with Crippen LogP contribution in [0, 0.1) is 0 Å². The van der Waals surface area contributed by atoms with Crippen LogP contribution in [0.25, 0.3) is 0 Å². The van der Waals surface area contributed by atoms with Crippen molar-refractivity contribution in [1.29, 1.82) is 0 Å². The average Bonchev–Trinajstić information content (AvgIpc) is 2.29. The van der Waals surface area contributed by atoms with Crippen LogP contribution in [0.5, 0.6) is 0 Å². The molecule has 0 aliphatic carbocycles. The number of aliphatic hydroxyl groups is 4. The summed E-state index contributed by atoms with van der Waals surface area (Å²) in [5.41, 5.74) is 0. The van der Waals surface area contributed by atoms with E-state index in [0.29, 0.717) is 12.7 Å². The zero-order valence-electron chi connectivity index (χ0n) is 8.90. The van der Waals surface area contributed by atoms with Crippen LogP contribution in [-0.4, -0.2) is 72.2 Å². The van der Waals surface area contributed by atoms with E-state index in [4.69, 9.17) is 22.4 Å². The van der Waals surface area contributed by atoms with Gasteiger partial charge in [0.2, 0.25) is 0 Å². The lowest BCUT2D eigenvalue weighted by Crippen LogP contribution is -2.59. The van der Waals surface area contributed by atoms with Gasteiger partial charge < -0.3 is 29.9 Å². The molecule has 1 fully saturated rings. The van der Waals surface area contributed by atoms with E-state index >= 15 is 0 Å². The lowest BCUT2D eigenvalue weighted by molar-refractivity contribution is -0.300. The van der Waals surface area contributed by atoms with Crippen LogP contribution in [-0.2, 0) is 9.47 Å². The van der Waals surface area contributed by atoms with Crippen molar-refractivity contribution in [2.45, 2.75) is 43.4 Å². The van der Waals surface area contributed by atoms with Crippen LogP contribution in [0.4, 0.5) is 0 Å². The molecule has 1 rings (SSSR count). The SMILES string of the molecule is [B]CCCOC1O[C@H](CO)[C@H](O)[C@H](O)[C@H]1O. The molecule has 6 nitrogen and oxygen atoms in total. The van der Waals surface area contributed by atoms with E-state index in [1.165, 1.54) is 0 Å². The fourth-order valence-corrected chi connectivity index (χ4v) is 1.49. The summed E-state index contributed by atoms with van der Waals surface area (Å²) in [4.78, 5) is 0. The van der Waals surface area contributed by atoms with Crippen LogP contribution in [0.1, 0.15) is 6.42 Å². The normalized spacial score (nSPS) is 39.9. The molecule has 0 amide bonds. The Labute approximate surface area is 95.2 Å². The van der Waals surface area contributed by atoms with Crippen molar-refractivity contribution in [2.75, 3.05) is 13.2 Å². The van der Waals surface area contributed by atoms with Gasteiger partial charge in [-0.2, -0.15) is 0 Å². The first-order valence-electron chi connectivity index (χ1n) is 5.24. The molecule has 0 saturated carbocycles. The number of aliphatic hydroxyl groups excluding tert-OH is 4. The zero-order valence-corrected chi connectivity index (χ0v) is 8.90. The standard InChI is InChI=1S/C9H17BO6/c10-2-1-3-15-9-8(14)7(13)6(12)5(4-11)16-9/h5-9,11-14H,1-4H2/t5-,6+,7+,8-,9?/m1/s1. The quantitative estimate of drug-likeness (QED) is 0.316. The summed E-state index contributed by atoms with van der Waals surface area (Å²) in [5, 5.41) is 37.4. The highest BCUT2D eigenvalue weighted by Gasteiger charge is 2.43. The summed E-state index contributed by atoms with van der Waals surface area (Å²) in [6, 6.07) is 0. The van der Waals surface area contributed by atoms with E-state index in [1.54, 1.807) is 0 Å². The molecule has 1 heterocycles. The van der Waals surface area contributed by atoms with Gasteiger partial charge in [0, 0.05) is 6.61 Å². The molecule has 0 aromatic rings. The van der Waals surface area contributed by atoms with Gasteiger partial charge >= 0.3 is 0 Å². The lowest BCUT2D eigenvalue weighted by Gasteiger charge is -2.39. The van der Waals surface area contributed by atoms with Crippen molar-refractivity contribution in [1.82, 2.24) is 0 Å². The predicted molar refractivity (Wildman–Crippen MR) is 54.9 cm³/mol. The van der Waals surface area contributed by atoms with Gasteiger partial charge in [0.1, 0.15) is 24.4 Å². The number of ether oxygens (including phenoxy) is 2. The van der Waals surface area contributed by atoms with Crippen molar-refractivity contribution in [3.8, 4) is 0 Å². The Bertz CT molecular complexity index is 202. The van der Waals surface area contributed by atoms with E-state index in [2.05, 4.69) is 0 Å². The van der Waals surface area contributed by atoms with E-state index < -0.39 is 37.3 Å². The molecule has 1 unspecified atom stereocenters. The average molecular weight is 232 g/mol.